The van der Waals surface area contributed by atoms with Crippen LogP contribution in [-0.4, -0.2) is 32.0 Å². The monoisotopic (exact) mass is 236 g/mol. The Morgan fingerprint density at radius 2 is 2.12 bits per heavy atom. The van der Waals surface area contributed by atoms with E-state index in [1.165, 1.54) is 5.56 Å². The number of hydrogen-bond acceptors (Lipinski definition) is 3. The van der Waals surface area contributed by atoms with Gasteiger partial charge in [-0.25, -0.2) is 0 Å². The Morgan fingerprint density at radius 3 is 2.88 bits per heavy atom. The molecule has 2 rings (SSSR count). The Bertz CT molecular complexity index is 373. The van der Waals surface area contributed by atoms with Crippen molar-refractivity contribution in [1.29, 1.82) is 0 Å². The van der Waals surface area contributed by atoms with E-state index in [1.807, 2.05) is 32.0 Å². The Hall–Kier alpha value is -1.06. The quantitative estimate of drug-likeness (QED) is 0.803. The summed E-state index contributed by atoms with van der Waals surface area (Å²) in [5, 5.41) is 0. The van der Waals surface area contributed by atoms with Crippen LogP contribution in [-0.2, 0) is 15.9 Å². The predicted octanol–water partition coefficient (Wildman–Crippen LogP) is 2.43. The summed E-state index contributed by atoms with van der Waals surface area (Å²) in [6, 6.07) is 8.12. The normalized spacial score (nSPS) is 19.6. The molecular formula is C14H20O3. The second-order valence-electron chi connectivity index (χ2n) is 5.02. The number of methoxy groups -OCH3 is 1. The Labute approximate surface area is 103 Å². The highest BCUT2D eigenvalue weighted by molar-refractivity contribution is 5.35. The lowest BCUT2D eigenvalue weighted by Crippen LogP contribution is -2.36. The van der Waals surface area contributed by atoms with Gasteiger partial charge in [0.1, 0.15) is 12.4 Å². The summed E-state index contributed by atoms with van der Waals surface area (Å²) in [6.45, 7) is 5.24. The molecule has 0 aliphatic carbocycles. The van der Waals surface area contributed by atoms with E-state index in [-0.39, 0.29) is 11.7 Å². The highest BCUT2D eigenvalue weighted by Gasteiger charge is 2.24. The minimum absolute atomic E-state index is 0.124. The maximum atomic E-state index is 5.85. The van der Waals surface area contributed by atoms with Crippen LogP contribution in [0.3, 0.4) is 0 Å². The van der Waals surface area contributed by atoms with E-state index in [1.54, 1.807) is 7.11 Å². The zero-order valence-electron chi connectivity index (χ0n) is 10.7. The molecule has 0 radical (unpaired) electrons. The molecule has 1 aliphatic heterocycles. The van der Waals surface area contributed by atoms with Crippen LogP contribution in [0.4, 0.5) is 0 Å². The number of ether oxygens (including phenoxy) is 3. The van der Waals surface area contributed by atoms with Crippen LogP contribution in [0.1, 0.15) is 19.4 Å². The standard InChI is InChI=1S/C14H20O3/c1-14(2,15-3)10-17-12-8-11-6-4-5-7-13(11)16-9-12/h4-7,12H,8-10H2,1-3H3. The van der Waals surface area contributed by atoms with Crippen LogP contribution < -0.4 is 4.74 Å². The number of para-hydroxylation sites is 1. The van der Waals surface area contributed by atoms with Crippen LogP contribution in [0, 0.1) is 0 Å². The number of fused-ring (bicyclic) bond motifs is 1. The molecular weight excluding hydrogens is 216 g/mol. The van der Waals surface area contributed by atoms with Crippen molar-refractivity contribution in [3.8, 4) is 5.75 Å². The van der Waals surface area contributed by atoms with Gasteiger partial charge < -0.3 is 14.2 Å². The molecule has 0 amide bonds. The van der Waals surface area contributed by atoms with Crippen LogP contribution >= 0.6 is 0 Å². The van der Waals surface area contributed by atoms with Gasteiger partial charge in [-0.05, 0) is 25.5 Å². The first-order valence-electron chi connectivity index (χ1n) is 5.98. The molecule has 3 heteroatoms. The van der Waals surface area contributed by atoms with Crippen LogP contribution in [0.25, 0.3) is 0 Å². The summed E-state index contributed by atoms with van der Waals surface area (Å²) in [4.78, 5) is 0. The largest absolute Gasteiger partial charge is 0.491 e. The summed E-state index contributed by atoms with van der Waals surface area (Å²) < 4.78 is 16.8. The second-order valence-corrected chi connectivity index (χ2v) is 5.02. The van der Waals surface area contributed by atoms with Crippen molar-refractivity contribution in [2.45, 2.75) is 32.0 Å². The van der Waals surface area contributed by atoms with E-state index < -0.39 is 0 Å². The Kier molecular flexibility index (Phi) is 3.69. The Balaban J connectivity index is 1.90. The maximum absolute atomic E-state index is 5.85. The predicted molar refractivity (Wildman–Crippen MR) is 66.5 cm³/mol. The number of hydrogen-bond donors (Lipinski definition) is 0. The van der Waals surface area contributed by atoms with Gasteiger partial charge >= 0.3 is 0 Å². The van der Waals surface area contributed by atoms with Crippen LogP contribution in [0.15, 0.2) is 24.3 Å². The molecule has 0 N–H and O–H groups in total. The topological polar surface area (TPSA) is 27.7 Å². The molecule has 1 heterocycles. The molecule has 0 bridgehead atoms. The Morgan fingerprint density at radius 1 is 1.35 bits per heavy atom. The number of rotatable bonds is 4. The third kappa shape index (κ3) is 3.20. The smallest absolute Gasteiger partial charge is 0.122 e. The van der Waals surface area contributed by atoms with Gasteiger partial charge in [0.05, 0.1) is 18.3 Å². The summed E-state index contributed by atoms with van der Waals surface area (Å²) in [6.07, 6.45) is 1.04. The lowest BCUT2D eigenvalue weighted by atomic mass is 10.0. The molecule has 1 aromatic carbocycles. The zero-order valence-corrected chi connectivity index (χ0v) is 10.7. The fourth-order valence-electron chi connectivity index (χ4n) is 1.78. The first kappa shape index (κ1) is 12.4. The van der Waals surface area contributed by atoms with Gasteiger partial charge in [-0.1, -0.05) is 18.2 Å². The summed E-state index contributed by atoms with van der Waals surface area (Å²) in [7, 11) is 1.70. The minimum atomic E-state index is -0.239. The SMILES string of the molecule is COC(C)(C)COC1COc2ccccc2C1. The van der Waals surface area contributed by atoms with Gasteiger partial charge in [0.15, 0.2) is 0 Å². The minimum Gasteiger partial charge on any atom is -0.491 e. The van der Waals surface area contributed by atoms with Gasteiger partial charge in [0, 0.05) is 13.5 Å². The van der Waals surface area contributed by atoms with Gasteiger partial charge in [0.25, 0.3) is 0 Å². The van der Waals surface area contributed by atoms with E-state index in [9.17, 15) is 0 Å². The van der Waals surface area contributed by atoms with Crippen LogP contribution in [0.5, 0.6) is 5.75 Å². The van der Waals surface area contributed by atoms with Crippen molar-refractivity contribution in [1.82, 2.24) is 0 Å². The fourth-order valence-corrected chi connectivity index (χ4v) is 1.78. The second kappa shape index (κ2) is 5.07. The van der Waals surface area contributed by atoms with E-state index in [2.05, 4.69) is 6.07 Å². The van der Waals surface area contributed by atoms with Crippen molar-refractivity contribution in [3.05, 3.63) is 29.8 Å². The van der Waals surface area contributed by atoms with Crippen molar-refractivity contribution < 1.29 is 14.2 Å². The number of benzene rings is 1. The lowest BCUT2D eigenvalue weighted by Gasteiger charge is -2.29. The van der Waals surface area contributed by atoms with Gasteiger partial charge in [-0.3, -0.25) is 0 Å². The highest BCUT2D eigenvalue weighted by atomic mass is 16.6. The molecule has 1 aromatic rings. The third-order valence-electron chi connectivity index (χ3n) is 3.06. The van der Waals surface area contributed by atoms with Crippen molar-refractivity contribution in [2.24, 2.45) is 0 Å². The molecule has 1 atom stereocenters. The molecule has 1 unspecified atom stereocenters. The van der Waals surface area contributed by atoms with E-state index in [0.29, 0.717) is 13.2 Å². The molecule has 0 saturated heterocycles. The lowest BCUT2D eigenvalue weighted by molar-refractivity contribution is -0.0859. The van der Waals surface area contributed by atoms with E-state index in [0.717, 1.165) is 12.2 Å². The molecule has 17 heavy (non-hydrogen) atoms. The molecule has 94 valence electrons. The van der Waals surface area contributed by atoms with Crippen LogP contribution in [0.2, 0.25) is 0 Å². The van der Waals surface area contributed by atoms with Gasteiger partial charge in [-0.2, -0.15) is 0 Å². The van der Waals surface area contributed by atoms with Crippen molar-refractivity contribution >= 4 is 0 Å². The van der Waals surface area contributed by atoms with Gasteiger partial charge in [0.2, 0.25) is 0 Å². The van der Waals surface area contributed by atoms with Gasteiger partial charge in [-0.15, -0.1) is 0 Å². The van der Waals surface area contributed by atoms with Crippen molar-refractivity contribution in [2.75, 3.05) is 20.3 Å². The molecule has 1 aliphatic rings. The molecule has 0 aromatic heterocycles. The maximum Gasteiger partial charge on any atom is 0.122 e. The highest BCUT2D eigenvalue weighted by Crippen LogP contribution is 2.25. The third-order valence-corrected chi connectivity index (χ3v) is 3.06. The summed E-state index contributed by atoms with van der Waals surface area (Å²) in [5.41, 5.74) is 0.982. The average Bonchev–Trinajstić information content (AvgIpc) is 2.36. The summed E-state index contributed by atoms with van der Waals surface area (Å²) >= 11 is 0. The first-order valence-corrected chi connectivity index (χ1v) is 5.98. The average molecular weight is 236 g/mol. The molecule has 0 spiro atoms. The van der Waals surface area contributed by atoms with E-state index in [4.69, 9.17) is 14.2 Å². The van der Waals surface area contributed by atoms with Crippen molar-refractivity contribution in [3.63, 3.8) is 0 Å². The van der Waals surface area contributed by atoms with E-state index >= 15 is 0 Å². The molecule has 0 fully saturated rings. The fraction of sp³-hybridized carbons (Fsp3) is 0.571. The zero-order chi connectivity index (χ0) is 12.3. The molecule has 3 nitrogen and oxygen atoms in total. The molecule has 0 saturated carbocycles. The summed E-state index contributed by atoms with van der Waals surface area (Å²) in [5.74, 6) is 0.985. The first-order chi connectivity index (χ1) is 8.11.